The molecule has 1 aromatic carbocycles. The number of furan rings is 1. The maximum absolute atomic E-state index is 12.6. The van der Waals surface area contributed by atoms with Crippen LogP contribution >= 0.6 is 0 Å². The van der Waals surface area contributed by atoms with Crippen LogP contribution in [0.4, 0.5) is 0 Å². The molecular formula is C17H19N3O3. The van der Waals surface area contributed by atoms with E-state index in [1.165, 1.54) is 4.57 Å². The molecule has 0 aliphatic rings. The van der Waals surface area contributed by atoms with Crippen molar-refractivity contribution in [1.29, 1.82) is 0 Å². The number of imidazole rings is 1. The van der Waals surface area contributed by atoms with E-state index < -0.39 is 0 Å². The normalized spacial score (nSPS) is 12.5. The Kier molecular flexibility index (Phi) is 3.82. The van der Waals surface area contributed by atoms with Crippen LogP contribution in [-0.2, 0) is 18.4 Å². The summed E-state index contributed by atoms with van der Waals surface area (Å²) >= 11 is 0. The predicted octanol–water partition coefficient (Wildman–Crippen LogP) is 2.15. The van der Waals surface area contributed by atoms with Gasteiger partial charge in [-0.1, -0.05) is 12.1 Å². The summed E-state index contributed by atoms with van der Waals surface area (Å²) in [6.45, 7) is 1.89. The fourth-order valence-electron chi connectivity index (χ4n) is 2.70. The van der Waals surface area contributed by atoms with Gasteiger partial charge in [-0.2, -0.15) is 0 Å². The molecule has 6 nitrogen and oxygen atoms in total. The third-order valence-electron chi connectivity index (χ3n) is 4.27. The standard InChI is InChI=1S/C17H19N3O3/c1-12(15-9-6-10-23-15)18(2)16(21)11-20-14-8-5-4-7-13(14)19(3)17(20)22/h4-10,12H,11H2,1-3H3. The smallest absolute Gasteiger partial charge is 0.329 e. The Balaban J connectivity index is 1.89. The van der Waals surface area contributed by atoms with Gasteiger partial charge in [-0.25, -0.2) is 4.79 Å². The van der Waals surface area contributed by atoms with Gasteiger partial charge in [0.05, 0.1) is 23.3 Å². The van der Waals surface area contributed by atoms with Crippen molar-refractivity contribution in [1.82, 2.24) is 14.0 Å². The molecule has 0 spiro atoms. The number of para-hydroxylation sites is 2. The second-order valence-corrected chi connectivity index (χ2v) is 5.61. The van der Waals surface area contributed by atoms with Gasteiger partial charge >= 0.3 is 5.69 Å². The summed E-state index contributed by atoms with van der Waals surface area (Å²) in [6.07, 6.45) is 1.58. The van der Waals surface area contributed by atoms with Crippen molar-refractivity contribution in [3.8, 4) is 0 Å². The molecule has 3 aromatic rings. The SMILES string of the molecule is CC(c1ccco1)N(C)C(=O)Cn1c(=O)n(C)c2ccccc21. The highest BCUT2D eigenvalue weighted by Gasteiger charge is 2.21. The lowest BCUT2D eigenvalue weighted by molar-refractivity contribution is -0.132. The summed E-state index contributed by atoms with van der Waals surface area (Å²) in [6, 6.07) is 10.9. The van der Waals surface area contributed by atoms with E-state index in [1.54, 1.807) is 35.9 Å². The number of amides is 1. The fraction of sp³-hybridized carbons (Fsp3) is 0.294. The topological polar surface area (TPSA) is 60.4 Å². The minimum atomic E-state index is -0.196. The Hall–Kier alpha value is -2.76. The number of carbonyl (C=O) groups excluding carboxylic acids is 1. The molecule has 120 valence electrons. The summed E-state index contributed by atoms with van der Waals surface area (Å²) in [5, 5.41) is 0. The van der Waals surface area contributed by atoms with Crippen molar-refractivity contribution < 1.29 is 9.21 Å². The van der Waals surface area contributed by atoms with Crippen molar-refractivity contribution in [2.45, 2.75) is 19.5 Å². The van der Waals surface area contributed by atoms with Crippen LogP contribution in [0, 0.1) is 0 Å². The molecule has 3 rings (SSSR count). The average molecular weight is 313 g/mol. The molecule has 1 unspecified atom stereocenters. The molecule has 1 amide bonds. The summed E-state index contributed by atoms with van der Waals surface area (Å²) in [5.41, 5.74) is 1.37. The Labute approximate surface area is 133 Å². The van der Waals surface area contributed by atoms with Crippen molar-refractivity contribution in [3.63, 3.8) is 0 Å². The van der Waals surface area contributed by atoms with Crippen LogP contribution in [0.15, 0.2) is 51.9 Å². The molecule has 2 aromatic heterocycles. The first-order valence-electron chi connectivity index (χ1n) is 7.44. The number of fused-ring (bicyclic) bond motifs is 1. The summed E-state index contributed by atoms with van der Waals surface area (Å²) in [4.78, 5) is 26.5. The first kappa shape index (κ1) is 15.1. The summed E-state index contributed by atoms with van der Waals surface area (Å²) in [7, 11) is 3.42. The molecule has 0 aliphatic heterocycles. The van der Waals surface area contributed by atoms with Crippen LogP contribution in [0.25, 0.3) is 11.0 Å². The average Bonchev–Trinajstić information content (AvgIpc) is 3.17. The van der Waals surface area contributed by atoms with Crippen molar-refractivity contribution in [3.05, 3.63) is 58.9 Å². The second kappa shape index (κ2) is 5.79. The number of benzene rings is 1. The van der Waals surface area contributed by atoms with Crippen LogP contribution in [0.2, 0.25) is 0 Å². The molecular weight excluding hydrogens is 294 g/mol. The van der Waals surface area contributed by atoms with Crippen LogP contribution in [0.1, 0.15) is 18.7 Å². The van der Waals surface area contributed by atoms with Gasteiger partial charge in [-0.05, 0) is 31.2 Å². The van der Waals surface area contributed by atoms with E-state index in [2.05, 4.69) is 0 Å². The monoisotopic (exact) mass is 313 g/mol. The lowest BCUT2D eigenvalue weighted by Gasteiger charge is -2.23. The molecule has 0 saturated heterocycles. The second-order valence-electron chi connectivity index (χ2n) is 5.61. The Morgan fingerprint density at radius 3 is 2.57 bits per heavy atom. The Morgan fingerprint density at radius 2 is 1.91 bits per heavy atom. The first-order valence-corrected chi connectivity index (χ1v) is 7.44. The maximum Gasteiger partial charge on any atom is 0.329 e. The highest BCUT2D eigenvalue weighted by Crippen LogP contribution is 2.19. The van der Waals surface area contributed by atoms with Gasteiger partial charge in [-0.15, -0.1) is 0 Å². The quantitative estimate of drug-likeness (QED) is 0.741. The first-order chi connectivity index (χ1) is 11.0. The molecule has 23 heavy (non-hydrogen) atoms. The zero-order chi connectivity index (χ0) is 16.6. The van der Waals surface area contributed by atoms with E-state index in [0.717, 1.165) is 11.0 Å². The fourth-order valence-corrected chi connectivity index (χ4v) is 2.70. The van der Waals surface area contributed by atoms with E-state index in [9.17, 15) is 9.59 Å². The molecule has 1 atom stereocenters. The van der Waals surface area contributed by atoms with Crippen LogP contribution in [0.3, 0.4) is 0 Å². The van der Waals surface area contributed by atoms with Gasteiger partial charge in [0.2, 0.25) is 5.91 Å². The highest BCUT2D eigenvalue weighted by molar-refractivity contribution is 5.81. The minimum absolute atomic E-state index is 0.00172. The van der Waals surface area contributed by atoms with Crippen LogP contribution < -0.4 is 5.69 Å². The van der Waals surface area contributed by atoms with Gasteiger partial charge in [0.15, 0.2) is 0 Å². The third-order valence-corrected chi connectivity index (χ3v) is 4.27. The molecule has 0 radical (unpaired) electrons. The van der Waals surface area contributed by atoms with E-state index in [0.29, 0.717) is 5.76 Å². The molecule has 0 fully saturated rings. The molecule has 0 aliphatic carbocycles. The van der Waals surface area contributed by atoms with Crippen molar-refractivity contribution in [2.75, 3.05) is 7.05 Å². The third kappa shape index (κ3) is 2.56. The van der Waals surface area contributed by atoms with E-state index in [1.807, 2.05) is 37.3 Å². The van der Waals surface area contributed by atoms with E-state index in [4.69, 9.17) is 4.42 Å². The number of likely N-dealkylation sites (N-methyl/N-ethyl adjacent to an activating group) is 1. The number of hydrogen-bond acceptors (Lipinski definition) is 3. The van der Waals surface area contributed by atoms with Gasteiger partial charge in [0, 0.05) is 14.1 Å². The van der Waals surface area contributed by atoms with Crippen LogP contribution in [-0.4, -0.2) is 27.0 Å². The minimum Gasteiger partial charge on any atom is -0.467 e. The molecule has 2 heterocycles. The van der Waals surface area contributed by atoms with Gasteiger partial charge in [0.1, 0.15) is 12.3 Å². The number of rotatable bonds is 4. The number of carbonyl (C=O) groups is 1. The van der Waals surface area contributed by atoms with Crippen molar-refractivity contribution in [2.24, 2.45) is 7.05 Å². The number of aryl methyl sites for hydroxylation is 1. The Morgan fingerprint density at radius 1 is 1.22 bits per heavy atom. The Bertz CT molecular complexity index is 890. The van der Waals surface area contributed by atoms with Gasteiger partial charge < -0.3 is 9.32 Å². The van der Waals surface area contributed by atoms with Crippen LogP contribution in [0.5, 0.6) is 0 Å². The van der Waals surface area contributed by atoms with Crippen molar-refractivity contribution >= 4 is 16.9 Å². The lowest BCUT2D eigenvalue weighted by Crippen LogP contribution is -2.35. The molecule has 0 bridgehead atoms. The largest absolute Gasteiger partial charge is 0.467 e. The number of nitrogens with zero attached hydrogens (tertiary/aromatic N) is 3. The molecule has 0 N–H and O–H groups in total. The zero-order valence-corrected chi connectivity index (χ0v) is 13.4. The summed E-state index contributed by atoms with van der Waals surface area (Å²) < 4.78 is 8.41. The zero-order valence-electron chi connectivity index (χ0n) is 13.4. The summed E-state index contributed by atoms with van der Waals surface area (Å²) in [5.74, 6) is 0.568. The van der Waals surface area contributed by atoms with E-state index >= 15 is 0 Å². The molecule has 0 saturated carbocycles. The molecule has 6 heteroatoms. The predicted molar refractivity (Wildman–Crippen MR) is 87.1 cm³/mol. The highest BCUT2D eigenvalue weighted by atomic mass is 16.3. The number of hydrogen-bond donors (Lipinski definition) is 0. The number of aromatic nitrogens is 2. The van der Waals surface area contributed by atoms with Gasteiger partial charge in [-0.3, -0.25) is 13.9 Å². The lowest BCUT2D eigenvalue weighted by atomic mass is 10.2. The van der Waals surface area contributed by atoms with Gasteiger partial charge in [0.25, 0.3) is 0 Å². The maximum atomic E-state index is 12.6. The van der Waals surface area contributed by atoms with E-state index in [-0.39, 0.29) is 24.2 Å².